The molecule has 2 N–H and O–H groups in total. The Hall–Kier alpha value is -0.610. The average Bonchev–Trinajstić information content (AvgIpc) is 2.15. The first-order valence-electron chi connectivity index (χ1n) is 6.03. The van der Waals surface area contributed by atoms with Crippen LogP contribution in [-0.4, -0.2) is 54.5 Å². The zero-order valence-electron chi connectivity index (χ0n) is 11.0. The highest BCUT2D eigenvalue weighted by Crippen LogP contribution is 2.16. The molecular weight excluding hydrogens is 202 g/mol. The van der Waals surface area contributed by atoms with Crippen LogP contribution in [0.3, 0.4) is 0 Å². The van der Waals surface area contributed by atoms with Gasteiger partial charge in [-0.15, -0.1) is 0 Å². The van der Waals surface area contributed by atoms with Crippen molar-refractivity contribution in [3.05, 3.63) is 0 Å². The third kappa shape index (κ3) is 4.10. The molecule has 0 aromatic carbocycles. The van der Waals surface area contributed by atoms with Gasteiger partial charge in [-0.25, -0.2) is 0 Å². The van der Waals surface area contributed by atoms with Gasteiger partial charge in [-0.05, 0) is 40.8 Å². The van der Waals surface area contributed by atoms with E-state index in [1.165, 1.54) is 0 Å². The maximum absolute atomic E-state index is 11.9. The molecule has 0 saturated carbocycles. The van der Waals surface area contributed by atoms with Gasteiger partial charge in [-0.3, -0.25) is 4.79 Å². The normalized spacial score (nSPS) is 19.2. The zero-order valence-corrected chi connectivity index (χ0v) is 11.0. The molecule has 0 aromatic heterocycles. The first kappa shape index (κ1) is 13.5. The minimum atomic E-state index is -0.393. The fourth-order valence-corrected chi connectivity index (χ4v) is 2.13. The van der Waals surface area contributed by atoms with Gasteiger partial charge in [0.2, 0.25) is 5.91 Å². The predicted octanol–water partition coefficient (Wildman–Crippen LogP) is 0.666. The van der Waals surface area contributed by atoms with Crippen LogP contribution in [-0.2, 0) is 4.79 Å². The summed E-state index contributed by atoms with van der Waals surface area (Å²) >= 11 is 0. The van der Waals surface area contributed by atoms with Crippen LogP contribution in [0.2, 0.25) is 0 Å². The predicted molar refractivity (Wildman–Crippen MR) is 66.2 cm³/mol. The lowest BCUT2D eigenvalue weighted by molar-refractivity contribution is -0.133. The van der Waals surface area contributed by atoms with Crippen molar-refractivity contribution in [2.75, 3.05) is 27.2 Å². The second kappa shape index (κ2) is 5.15. The second-order valence-electron chi connectivity index (χ2n) is 5.74. The van der Waals surface area contributed by atoms with Crippen molar-refractivity contribution in [2.24, 2.45) is 5.73 Å². The summed E-state index contributed by atoms with van der Waals surface area (Å²) in [5.74, 6) is 0.199. The second-order valence-corrected chi connectivity index (χ2v) is 5.74. The van der Waals surface area contributed by atoms with Gasteiger partial charge in [0.05, 0.1) is 0 Å². The van der Waals surface area contributed by atoms with Gasteiger partial charge in [-0.1, -0.05) is 0 Å². The van der Waals surface area contributed by atoms with Gasteiger partial charge >= 0.3 is 0 Å². The van der Waals surface area contributed by atoms with E-state index >= 15 is 0 Å². The number of carbonyl (C=O) groups is 1. The molecule has 1 saturated heterocycles. The van der Waals surface area contributed by atoms with Gasteiger partial charge in [0.15, 0.2) is 0 Å². The lowest BCUT2D eigenvalue weighted by atomic mass is 9.99. The van der Waals surface area contributed by atoms with E-state index in [1.807, 2.05) is 18.7 Å². The highest BCUT2D eigenvalue weighted by Gasteiger charge is 2.26. The fourth-order valence-electron chi connectivity index (χ4n) is 2.13. The molecule has 1 aliphatic rings. The van der Waals surface area contributed by atoms with E-state index in [9.17, 15) is 4.79 Å². The van der Waals surface area contributed by atoms with Gasteiger partial charge in [0.25, 0.3) is 0 Å². The molecule has 0 spiro atoms. The third-order valence-corrected chi connectivity index (χ3v) is 3.15. The Labute approximate surface area is 98.8 Å². The fraction of sp³-hybridized carbons (Fsp3) is 0.917. The summed E-state index contributed by atoms with van der Waals surface area (Å²) in [6.07, 6.45) is 2.59. The Bertz CT molecular complexity index is 237. The molecule has 0 bridgehead atoms. The number of carbonyl (C=O) groups excluding carboxylic acids is 1. The largest absolute Gasteiger partial charge is 0.343 e. The number of amides is 1. The maximum atomic E-state index is 11.9. The lowest BCUT2D eigenvalue weighted by Crippen LogP contribution is -2.47. The Balaban J connectivity index is 2.39. The van der Waals surface area contributed by atoms with Crippen LogP contribution in [0.4, 0.5) is 0 Å². The summed E-state index contributed by atoms with van der Waals surface area (Å²) in [5.41, 5.74) is 5.47. The molecule has 4 heteroatoms. The topological polar surface area (TPSA) is 49.6 Å². The van der Waals surface area contributed by atoms with Crippen LogP contribution in [0.25, 0.3) is 0 Å². The van der Waals surface area contributed by atoms with E-state index in [2.05, 4.69) is 19.0 Å². The highest BCUT2D eigenvalue weighted by molar-refractivity contribution is 5.77. The molecule has 1 rings (SSSR count). The number of nitrogens with zero attached hydrogens (tertiary/aromatic N) is 2. The lowest BCUT2D eigenvalue weighted by Gasteiger charge is -2.36. The quantitative estimate of drug-likeness (QED) is 0.771. The molecule has 94 valence electrons. The van der Waals surface area contributed by atoms with Crippen LogP contribution in [0.1, 0.15) is 33.1 Å². The van der Waals surface area contributed by atoms with Crippen LogP contribution in [0.5, 0.6) is 0 Å². The van der Waals surface area contributed by atoms with Gasteiger partial charge in [-0.2, -0.15) is 0 Å². The SMILES string of the molecule is CN(C)C1CCN(C(=O)CC(C)(C)N)CC1. The average molecular weight is 227 g/mol. The van der Waals surface area contributed by atoms with Crippen molar-refractivity contribution in [2.45, 2.75) is 44.7 Å². The molecule has 4 nitrogen and oxygen atoms in total. The zero-order chi connectivity index (χ0) is 12.3. The molecule has 0 radical (unpaired) electrons. The van der Waals surface area contributed by atoms with E-state index in [0.717, 1.165) is 25.9 Å². The number of hydrogen-bond acceptors (Lipinski definition) is 3. The summed E-state index contributed by atoms with van der Waals surface area (Å²) in [4.78, 5) is 16.1. The van der Waals surface area contributed by atoms with Crippen molar-refractivity contribution in [3.63, 3.8) is 0 Å². The minimum Gasteiger partial charge on any atom is -0.343 e. The van der Waals surface area contributed by atoms with Gasteiger partial charge in [0.1, 0.15) is 0 Å². The summed E-state index contributed by atoms with van der Waals surface area (Å²) in [6, 6.07) is 0.620. The Morgan fingerprint density at radius 2 is 1.88 bits per heavy atom. The van der Waals surface area contributed by atoms with Crippen molar-refractivity contribution in [3.8, 4) is 0 Å². The van der Waals surface area contributed by atoms with Gasteiger partial charge in [0, 0.05) is 31.1 Å². The number of rotatable bonds is 3. The third-order valence-electron chi connectivity index (χ3n) is 3.15. The van der Waals surface area contributed by atoms with E-state index in [1.54, 1.807) is 0 Å². The van der Waals surface area contributed by atoms with E-state index < -0.39 is 5.54 Å². The van der Waals surface area contributed by atoms with Gasteiger partial charge < -0.3 is 15.5 Å². The summed E-state index contributed by atoms with van der Waals surface area (Å²) in [6.45, 7) is 5.55. The van der Waals surface area contributed by atoms with Crippen molar-refractivity contribution < 1.29 is 4.79 Å². The molecule has 0 atom stereocenters. The maximum Gasteiger partial charge on any atom is 0.224 e. The number of nitrogens with two attached hydrogens (primary N) is 1. The highest BCUT2D eigenvalue weighted by atomic mass is 16.2. The summed E-state index contributed by atoms with van der Waals surface area (Å²) in [7, 11) is 4.20. The molecule has 1 heterocycles. The summed E-state index contributed by atoms with van der Waals surface area (Å²) in [5, 5.41) is 0. The first-order chi connectivity index (χ1) is 7.29. The summed E-state index contributed by atoms with van der Waals surface area (Å²) < 4.78 is 0. The van der Waals surface area contributed by atoms with Crippen molar-refractivity contribution >= 4 is 5.91 Å². The molecule has 1 fully saturated rings. The van der Waals surface area contributed by atoms with Crippen molar-refractivity contribution in [1.82, 2.24) is 9.80 Å². The monoisotopic (exact) mass is 227 g/mol. The van der Waals surface area contributed by atoms with Crippen molar-refractivity contribution in [1.29, 1.82) is 0 Å². The van der Waals surface area contributed by atoms with Crippen LogP contribution >= 0.6 is 0 Å². The van der Waals surface area contributed by atoms with E-state index in [0.29, 0.717) is 12.5 Å². The molecule has 16 heavy (non-hydrogen) atoms. The molecule has 1 aliphatic heterocycles. The Kier molecular flexibility index (Phi) is 4.33. The molecule has 0 aliphatic carbocycles. The number of likely N-dealkylation sites (tertiary alicyclic amines) is 1. The minimum absolute atomic E-state index is 0.199. The van der Waals surface area contributed by atoms with Crippen LogP contribution in [0, 0.1) is 0 Å². The Morgan fingerprint density at radius 3 is 2.25 bits per heavy atom. The molecule has 0 aromatic rings. The van der Waals surface area contributed by atoms with E-state index in [4.69, 9.17) is 5.73 Å². The molecular formula is C12H25N3O. The van der Waals surface area contributed by atoms with Crippen LogP contribution in [0.15, 0.2) is 0 Å². The smallest absolute Gasteiger partial charge is 0.224 e. The molecule has 1 amide bonds. The Morgan fingerprint density at radius 1 is 1.38 bits per heavy atom. The standard InChI is InChI=1S/C12H25N3O/c1-12(2,13)9-11(16)15-7-5-10(6-8-15)14(3)4/h10H,5-9,13H2,1-4H3. The van der Waals surface area contributed by atoms with Crippen LogP contribution < -0.4 is 5.73 Å². The molecule has 0 unspecified atom stereocenters. The number of piperidine rings is 1. The van der Waals surface area contributed by atoms with E-state index in [-0.39, 0.29) is 5.91 Å². The number of hydrogen-bond donors (Lipinski definition) is 1. The first-order valence-corrected chi connectivity index (χ1v) is 6.03.